The molecule has 0 fully saturated rings. The number of benzene rings is 2. The molecule has 0 bridgehead atoms. The predicted octanol–water partition coefficient (Wildman–Crippen LogP) is 4.14. The minimum absolute atomic E-state index is 0.0636. The van der Waals surface area contributed by atoms with Crippen LogP contribution in [0.4, 0.5) is 0 Å². The van der Waals surface area contributed by atoms with Gasteiger partial charge in [-0.2, -0.15) is 0 Å². The van der Waals surface area contributed by atoms with Gasteiger partial charge in [-0.1, -0.05) is 49.4 Å². The van der Waals surface area contributed by atoms with Crippen molar-refractivity contribution in [2.45, 2.75) is 39.2 Å². The van der Waals surface area contributed by atoms with E-state index < -0.39 is 12.1 Å². The van der Waals surface area contributed by atoms with Crippen LogP contribution >= 0.6 is 0 Å². The SMILES string of the molecule is Cc1ccc2c(CC(=O)O[C@@H](C)C(=O)NC[C@H](C)c3ccccc3)coc2c1. The number of aryl methyl sites for hydroxylation is 1. The molecular formula is C23H25NO4. The zero-order valence-corrected chi connectivity index (χ0v) is 16.4. The van der Waals surface area contributed by atoms with Crippen molar-refractivity contribution < 1.29 is 18.7 Å². The third-order valence-corrected chi connectivity index (χ3v) is 4.77. The van der Waals surface area contributed by atoms with Crippen LogP contribution in [0, 0.1) is 6.92 Å². The fourth-order valence-corrected chi connectivity index (χ4v) is 3.07. The Balaban J connectivity index is 1.51. The molecule has 0 aliphatic rings. The molecule has 1 amide bonds. The minimum Gasteiger partial charge on any atom is -0.464 e. The summed E-state index contributed by atoms with van der Waals surface area (Å²) in [4.78, 5) is 24.5. The van der Waals surface area contributed by atoms with Gasteiger partial charge in [0, 0.05) is 17.5 Å². The van der Waals surface area contributed by atoms with Gasteiger partial charge in [-0.05, 0) is 37.0 Å². The van der Waals surface area contributed by atoms with Crippen molar-refractivity contribution in [2.24, 2.45) is 0 Å². The average molecular weight is 379 g/mol. The van der Waals surface area contributed by atoms with E-state index in [0.717, 1.165) is 27.7 Å². The number of hydrogen-bond acceptors (Lipinski definition) is 4. The van der Waals surface area contributed by atoms with Gasteiger partial charge in [0.1, 0.15) is 5.58 Å². The van der Waals surface area contributed by atoms with E-state index in [1.54, 1.807) is 13.2 Å². The van der Waals surface area contributed by atoms with Gasteiger partial charge in [0.15, 0.2) is 6.10 Å². The largest absolute Gasteiger partial charge is 0.464 e. The third-order valence-electron chi connectivity index (χ3n) is 4.77. The smallest absolute Gasteiger partial charge is 0.311 e. The highest BCUT2D eigenvalue weighted by atomic mass is 16.5. The minimum atomic E-state index is -0.851. The van der Waals surface area contributed by atoms with E-state index in [-0.39, 0.29) is 18.2 Å². The second kappa shape index (κ2) is 8.74. The van der Waals surface area contributed by atoms with Gasteiger partial charge in [0.2, 0.25) is 0 Å². The Bertz CT molecular complexity index is 961. The van der Waals surface area contributed by atoms with Crippen molar-refractivity contribution in [1.82, 2.24) is 5.32 Å². The van der Waals surface area contributed by atoms with Crippen molar-refractivity contribution in [3.05, 3.63) is 71.5 Å². The summed E-state index contributed by atoms with van der Waals surface area (Å²) in [5.74, 6) is -0.584. The summed E-state index contributed by atoms with van der Waals surface area (Å²) < 4.78 is 10.8. The van der Waals surface area contributed by atoms with Crippen LogP contribution in [0.2, 0.25) is 0 Å². The first-order valence-electron chi connectivity index (χ1n) is 9.43. The third kappa shape index (κ3) is 4.80. The Morgan fingerprint density at radius 3 is 2.61 bits per heavy atom. The molecule has 0 saturated heterocycles. The number of furan rings is 1. The Morgan fingerprint density at radius 1 is 1.11 bits per heavy atom. The van der Waals surface area contributed by atoms with Gasteiger partial charge in [-0.3, -0.25) is 9.59 Å². The van der Waals surface area contributed by atoms with E-state index in [1.807, 2.05) is 62.4 Å². The molecule has 0 saturated carbocycles. The van der Waals surface area contributed by atoms with Crippen LogP contribution in [0.3, 0.4) is 0 Å². The molecule has 0 aliphatic carbocycles. The highest BCUT2D eigenvalue weighted by Crippen LogP contribution is 2.23. The number of fused-ring (bicyclic) bond motifs is 1. The Kier molecular flexibility index (Phi) is 6.14. The van der Waals surface area contributed by atoms with Gasteiger partial charge in [0.05, 0.1) is 12.7 Å². The Morgan fingerprint density at radius 2 is 1.86 bits per heavy atom. The molecule has 5 heteroatoms. The van der Waals surface area contributed by atoms with Gasteiger partial charge < -0.3 is 14.5 Å². The van der Waals surface area contributed by atoms with Crippen molar-refractivity contribution in [3.63, 3.8) is 0 Å². The predicted molar refractivity (Wildman–Crippen MR) is 108 cm³/mol. The van der Waals surface area contributed by atoms with Crippen molar-refractivity contribution >= 4 is 22.8 Å². The van der Waals surface area contributed by atoms with E-state index in [0.29, 0.717) is 6.54 Å². The standard InChI is InChI=1S/C23H25NO4/c1-15-9-10-20-19(14-27-21(20)11-15)12-22(25)28-17(3)23(26)24-13-16(2)18-7-5-4-6-8-18/h4-11,14,16-17H,12-13H2,1-3H3,(H,24,26)/t16-,17-/m0/s1. The van der Waals surface area contributed by atoms with Crippen LogP contribution in [-0.4, -0.2) is 24.5 Å². The van der Waals surface area contributed by atoms with E-state index >= 15 is 0 Å². The fraction of sp³-hybridized carbons (Fsp3) is 0.304. The van der Waals surface area contributed by atoms with Gasteiger partial charge in [0.25, 0.3) is 5.91 Å². The Hall–Kier alpha value is -3.08. The molecule has 1 aromatic heterocycles. The molecule has 1 N–H and O–H groups in total. The normalized spacial score (nSPS) is 13.1. The van der Waals surface area contributed by atoms with E-state index in [1.165, 1.54) is 0 Å². The summed E-state index contributed by atoms with van der Waals surface area (Å²) in [6.45, 7) is 6.08. The molecule has 0 spiro atoms. The molecule has 0 radical (unpaired) electrons. The number of rotatable bonds is 7. The monoisotopic (exact) mass is 379 g/mol. The van der Waals surface area contributed by atoms with E-state index in [4.69, 9.17) is 9.15 Å². The van der Waals surface area contributed by atoms with Crippen LogP contribution in [0.25, 0.3) is 11.0 Å². The number of carbonyl (C=O) groups excluding carboxylic acids is 2. The van der Waals surface area contributed by atoms with Crippen LogP contribution in [0.5, 0.6) is 0 Å². The first-order valence-corrected chi connectivity index (χ1v) is 9.43. The van der Waals surface area contributed by atoms with E-state index in [2.05, 4.69) is 5.32 Å². The molecule has 1 heterocycles. The fourth-order valence-electron chi connectivity index (χ4n) is 3.07. The molecule has 5 nitrogen and oxygen atoms in total. The number of esters is 1. The summed E-state index contributed by atoms with van der Waals surface area (Å²) in [6, 6.07) is 15.8. The van der Waals surface area contributed by atoms with Gasteiger partial charge in [-0.15, -0.1) is 0 Å². The summed E-state index contributed by atoms with van der Waals surface area (Å²) in [6.07, 6.45) is 0.780. The summed E-state index contributed by atoms with van der Waals surface area (Å²) in [5.41, 5.74) is 3.73. The number of amides is 1. The van der Waals surface area contributed by atoms with Gasteiger partial charge in [-0.25, -0.2) is 0 Å². The maximum atomic E-state index is 12.3. The lowest BCUT2D eigenvalue weighted by Crippen LogP contribution is -2.37. The Labute approximate surface area is 164 Å². The highest BCUT2D eigenvalue weighted by molar-refractivity contribution is 5.88. The van der Waals surface area contributed by atoms with Crippen LogP contribution in [-0.2, 0) is 20.7 Å². The molecule has 146 valence electrons. The molecule has 2 aromatic carbocycles. The highest BCUT2D eigenvalue weighted by Gasteiger charge is 2.20. The van der Waals surface area contributed by atoms with Crippen molar-refractivity contribution in [2.75, 3.05) is 6.54 Å². The van der Waals surface area contributed by atoms with Crippen LogP contribution in [0.1, 0.15) is 36.5 Å². The zero-order chi connectivity index (χ0) is 20.1. The second-order valence-electron chi connectivity index (χ2n) is 7.13. The first-order chi connectivity index (χ1) is 13.4. The number of nitrogens with one attached hydrogen (secondary N) is 1. The average Bonchev–Trinajstić information content (AvgIpc) is 3.07. The van der Waals surface area contributed by atoms with Crippen molar-refractivity contribution in [1.29, 1.82) is 0 Å². The summed E-state index contributed by atoms with van der Waals surface area (Å²) in [7, 11) is 0. The maximum absolute atomic E-state index is 12.3. The summed E-state index contributed by atoms with van der Waals surface area (Å²) >= 11 is 0. The molecule has 0 aliphatic heterocycles. The van der Waals surface area contributed by atoms with E-state index in [9.17, 15) is 9.59 Å². The lowest BCUT2D eigenvalue weighted by atomic mass is 10.0. The zero-order valence-electron chi connectivity index (χ0n) is 16.4. The number of carbonyl (C=O) groups is 2. The quantitative estimate of drug-likeness (QED) is 0.627. The summed E-state index contributed by atoms with van der Waals surface area (Å²) in [5, 5.41) is 3.73. The number of hydrogen-bond donors (Lipinski definition) is 1. The topological polar surface area (TPSA) is 68.5 Å². The van der Waals surface area contributed by atoms with Crippen LogP contribution in [0.15, 0.2) is 59.2 Å². The van der Waals surface area contributed by atoms with Gasteiger partial charge >= 0.3 is 5.97 Å². The molecule has 28 heavy (non-hydrogen) atoms. The molecule has 3 rings (SSSR count). The number of ether oxygens (including phenoxy) is 1. The van der Waals surface area contributed by atoms with Crippen LogP contribution < -0.4 is 5.32 Å². The molecule has 0 unspecified atom stereocenters. The van der Waals surface area contributed by atoms with Crippen molar-refractivity contribution in [3.8, 4) is 0 Å². The lowest BCUT2D eigenvalue weighted by Gasteiger charge is -2.16. The molecule has 3 aromatic rings. The first kappa shape index (κ1) is 19.7. The maximum Gasteiger partial charge on any atom is 0.311 e. The molecule has 2 atom stereocenters. The lowest BCUT2D eigenvalue weighted by molar-refractivity contribution is -0.154. The second-order valence-corrected chi connectivity index (χ2v) is 7.13. The molecular weight excluding hydrogens is 354 g/mol.